The highest BCUT2D eigenvalue weighted by Gasteiger charge is 2.34. The first kappa shape index (κ1) is 15.5. The number of rotatable bonds is 7. The first-order chi connectivity index (χ1) is 10.0. The molecule has 1 unspecified atom stereocenters. The molecule has 0 spiro atoms. The lowest BCUT2D eigenvalue weighted by molar-refractivity contribution is -0.144. The second-order valence-electron chi connectivity index (χ2n) is 5.52. The molecule has 1 aromatic heterocycles. The van der Waals surface area contributed by atoms with Crippen LogP contribution in [0.25, 0.3) is 11.0 Å². The largest absolute Gasteiger partial charge is 0.480 e. The van der Waals surface area contributed by atoms with E-state index in [4.69, 9.17) is 0 Å². The van der Waals surface area contributed by atoms with Crippen LogP contribution in [0, 0.1) is 0 Å². The zero-order valence-corrected chi connectivity index (χ0v) is 12.9. The molecule has 0 radical (unpaired) electrons. The van der Waals surface area contributed by atoms with Crippen LogP contribution in [-0.2, 0) is 17.8 Å². The number of aliphatic carboxylic acids is 1. The molecule has 2 aromatic rings. The van der Waals surface area contributed by atoms with Crippen molar-refractivity contribution in [2.45, 2.75) is 45.7 Å². The number of nitrogens with one attached hydrogen (secondary N) is 1. The maximum atomic E-state index is 11.7. The van der Waals surface area contributed by atoms with Gasteiger partial charge in [-0.1, -0.05) is 26.0 Å². The lowest BCUT2D eigenvalue weighted by Crippen LogP contribution is -2.53. The van der Waals surface area contributed by atoms with Gasteiger partial charge >= 0.3 is 5.97 Å². The standard InChI is InChI=1S/C16H23N3O2/c1-4-10-17-16(3,15(20)21)11-19-13-9-7-6-8-12(13)18-14(19)5-2/h6-9,17H,4-5,10-11H2,1-3H3,(H,20,21). The van der Waals surface area contributed by atoms with Crippen LogP contribution in [0.1, 0.15) is 33.0 Å². The van der Waals surface area contributed by atoms with Gasteiger partial charge < -0.3 is 15.0 Å². The number of fused-ring (bicyclic) bond motifs is 1. The zero-order valence-electron chi connectivity index (χ0n) is 12.9. The molecule has 0 saturated carbocycles. The summed E-state index contributed by atoms with van der Waals surface area (Å²) in [5.74, 6) is 0.0813. The van der Waals surface area contributed by atoms with Gasteiger partial charge in [0.1, 0.15) is 11.4 Å². The number of carboxylic acids is 1. The number of hydrogen-bond donors (Lipinski definition) is 2. The molecule has 2 N–H and O–H groups in total. The van der Waals surface area contributed by atoms with Crippen LogP contribution in [-0.4, -0.2) is 32.7 Å². The Balaban J connectivity index is 2.42. The number of aryl methyl sites for hydroxylation is 1. The van der Waals surface area contributed by atoms with E-state index in [1.807, 2.05) is 42.7 Å². The number of carboxylic acid groups (broad SMARTS) is 1. The van der Waals surface area contributed by atoms with Crippen molar-refractivity contribution in [3.8, 4) is 0 Å². The number of para-hydroxylation sites is 2. The molecular weight excluding hydrogens is 266 g/mol. The molecule has 0 fully saturated rings. The SMILES string of the molecule is CCCNC(C)(Cn1c(CC)nc2ccccc21)C(=O)O. The third-order valence-electron chi connectivity index (χ3n) is 3.76. The minimum absolute atomic E-state index is 0.367. The molecule has 0 bridgehead atoms. The summed E-state index contributed by atoms with van der Waals surface area (Å²) >= 11 is 0. The third kappa shape index (κ3) is 3.08. The summed E-state index contributed by atoms with van der Waals surface area (Å²) in [6, 6.07) is 7.86. The van der Waals surface area contributed by atoms with Gasteiger partial charge in [-0.3, -0.25) is 4.79 Å². The van der Waals surface area contributed by atoms with Gasteiger partial charge in [0.25, 0.3) is 0 Å². The molecular formula is C16H23N3O2. The van der Waals surface area contributed by atoms with Crippen molar-refractivity contribution < 1.29 is 9.90 Å². The highest BCUT2D eigenvalue weighted by Crippen LogP contribution is 2.20. The second kappa shape index (κ2) is 6.26. The van der Waals surface area contributed by atoms with Gasteiger partial charge in [0.05, 0.1) is 17.6 Å². The number of imidazole rings is 1. The predicted octanol–water partition coefficient (Wildman–Crippen LogP) is 2.44. The Bertz CT molecular complexity index is 635. The summed E-state index contributed by atoms with van der Waals surface area (Å²) < 4.78 is 2.02. The molecule has 1 atom stereocenters. The van der Waals surface area contributed by atoms with E-state index in [0.29, 0.717) is 13.1 Å². The summed E-state index contributed by atoms with van der Waals surface area (Å²) in [4.78, 5) is 16.3. The van der Waals surface area contributed by atoms with Gasteiger partial charge in [0.15, 0.2) is 0 Å². The Labute approximate surface area is 125 Å². The van der Waals surface area contributed by atoms with Crippen molar-refractivity contribution in [3.63, 3.8) is 0 Å². The van der Waals surface area contributed by atoms with Crippen molar-refractivity contribution in [2.24, 2.45) is 0 Å². The van der Waals surface area contributed by atoms with Gasteiger partial charge in [-0.25, -0.2) is 4.98 Å². The van der Waals surface area contributed by atoms with E-state index in [-0.39, 0.29) is 0 Å². The highest BCUT2D eigenvalue weighted by atomic mass is 16.4. The molecule has 114 valence electrons. The molecule has 0 aliphatic heterocycles. The molecule has 0 amide bonds. The highest BCUT2D eigenvalue weighted by molar-refractivity contribution is 5.80. The fourth-order valence-electron chi connectivity index (χ4n) is 2.49. The fraction of sp³-hybridized carbons (Fsp3) is 0.500. The lowest BCUT2D eigenvalue weighted by atomic mass is 10.0. The molecule has 0 aliphatic rings. The predicted molar refractivity (Wildman–Crippen MR) is 83.4 cm³/mol. The van der Waals surface area contributed by atoms with Crippen LogP contribution in [0.4, 0.5) is 0 Å². The molecule has 21 heavy (non-hydrogen) atoms. The van der Waals surface area contributed by atoms with Crippen LogP contribution in [0.3, 0.4) is 0 Å². The van der Waals surface area contributed by atoms with Gasteiger partial charge in [0.2, 0.25) is 0 Å². The van der Waals surface area contributed by atoms with Gasteiger partial charge in [-0.15, -0.1) is 0 Å². The van der Waals surface area contributed by atoms with E-state index in [1.165, 1.54) is 0 Å². The number of carbonyl (C=O) groups is 1. The smallest absolute Gasteiger partial charge is 0.325 e. The molecule has 1 aromatic carbocycles. The minimum atomic E-state index is -0.997. The van der Waals surface area contributed by atoms with Crippen molar-refractivity contribution in [2.75, 3.05) is 6.54 Å². The van der Waals surface area contributed by atoms with E-state index in [1.54, 1.807) is 6.92 Å². The number of nitrogens with zero attached hydrogens (tertiary/aromatic N) is 2. The van der Waals surface area contributed by atoms with Crippen LogP contribution in [0.2, 0.25) is 0 Å². The molecule has 2 rings (SSSR count). The summed E-state index contributed by atoms with van der Waals surface area (Å²) in [5.41, 5.74) is 0.904. The van der Waals surface area contributed by atoms with E-state index in [0.717, 1.165) is 29.7 Å². The Kier molecular flexibility index (Phi) is 4.63. The number of hydrogen-bond acceptors (Lipinski definition) is 3. The summed E-state index contributed by atoms with van der Waals surface area (Å²) in [5, 5.41) is 12.7. The average Bonchev–Trinajstić information content (AvgIpc) is 2.83. The monoisotopic (exact) mass is 289 g/mol. The number of aromatic nitrogens is 2. The Morgan fingerprint density at radius 2 is 2.10 bits per heavy atom. The van der Waals surface area contributed by atoms with Gasteiger partial charge in [-0.2, -0.15) is 0 Å². The molecule has 0 saturated heterocycles. The van der Waals surface area contributed by atoms with Gasteiger partial charge in [-0.05, 0) is 32.0 Å². The fourth-order valence-corrected chi connectivity index (χ4v) is 2.49. The lowest BCUT2D eigenvalue weighted by Gasteiger charge is -2.27. The summed E-state index contributed by atoms with van der Waals surface area (Å²) in [6.07, 6.45) is 1.67. The van der Waals surface area contributed by atoms with Crippen LogP contribution in [0.5, 0.6) is 0 Å². The summed E-state index contributed by atoms with van der Waals surface area (Å²) in [6.45, 7) is 6.84. The van der Waals surface area contributed by atoms with Crippen molar-refractivity contribution in [1.29, 1.82) is 0 Å². The Morgan fingerprint density at radius 3 is 2.71 bits per heavy atom. The van der Waals surface area contributed by atoms with E-state index in [2.05, 4.69) is 10.3 Å². The normalized spacial score (nSPS) is 14.2. The van der Waals surface area contributed by atoms with E-state index >= 15 is 0 Å². The molecule has 0 aliphatic carbocycles. The van der Waals surface area contributed by atoms with Gasteiger partial charge in [0, 0.05) is 6.42 Å². The third-order valence-corrected chi connectivity index (χ3v) is 3.76. The quantitative estimate of drug-likeness (QED) is 0.821. The average molecular weight is 289 g/mol. The van der Waals surface area contributed by atoms with Crippen molar-refractivity contribution in [3.05, 3.63) is 30.1 Å². The first-order valence-electron chi connectivity index (χ1n) is 7.44. The maximum Gasteiger partial charge on any atom is 0.325 e. The Morgan fingerprint density at radius 1 is 1.38 bits per heavy atom. The molecule has 5 heteroatoms. The van der Waals surface area contributed by atoms with Crippen molar-refractivity contribution >= 4 is 17.0 Å². The van der Waals surface area contributed by atoms with E-state index in [9.17, 15) is 9.90 Å². The first-order valence-corrected chi connectivity index (χ1v) is 7.44. The van der Waals surface area contributed by atoms with Crippen LogP contribution >= 0.6 is 0 Å². The molecule has 5 nitrogen and oxygen atoms in total. The Hall–Kier alpha value is -1.88. The minimum Gasteiger partial charge on any atom is -0.480 e. The van der Waals surface area contributed by atoms with Crippen molar-refractivity contribution in [1.82, 2.24) is 14.9 Å². The van der Waals surface area contributed by atoms with Crippen LogP contribution < -0.4 is 5.32 Å². The topological polar surface area (TPSA) is 67.2 Å². The van der Waals surface area contributed by atoms with E-state index < -0.39 is 11.5 Å². The van der Waals surface area contributed by atoms with Crippen LogP contribution in [0.15, 0.2) is 24.3 Å². The number of benzene rings is 1. The second-order valence-corrected chi connectivity index (χ2v) is 5.52. The zero-order chi connectivity index (χ0) is 15.5. The summed E-state index contributed by atoms with van der Waals surface area (Å²) in [7, 11) is 0. The maximum absolute atomic E-state index is 11.7. The molecule has 1 heterocycles.